The molecule has 2 nitrogen and oxygen atoms in total. The van der Waals surface area contributed by atoms with Gasteiger partial charge in [0.05, 0.1) is 12.7 Å². The van der Waals surface area contributed by atoms with Crippen molar-refractivity contribution in [2.75, 3.05) is 6.61 Å². The highest BCUT2D eigenvalue weighted by Crippen LogP contribution is 2.26. The van der Waals surface area contributed by atoms with E-state index in [2.05, 4.69) is 11.9 Å². The Balaban J connectivity index is 1.79. The quantitative estimate of drug-likeness (QED) is 0.752. The van der Waals surface area contributed by atoms with E-state index in [0.717, 1.165) is 12.5 Å². The van der Waals surface area contributed by atoms with Crippen molar-refractivity contribution in [1.29, 1.82) is 0 Å². The lowest BCUT2D eigenvalue weighted by atomic mass is 10.1. The third kappa shape index (κ3) is 3.03. The van der Waals surface area contributed by atoms with Crippen LogP contribution in [0, 0.1) is 5.92 Å². The summed E-state index contributed by atoms with van der Waals surface area (Å²) in [4.78, 5) is 4.01. The molecule has 1 aliphatic rings. The first-order chi connectivity index (χ1) is 7.36. The molecule has 1 saturated carbocycles. The summed E-state index contributed by atoms with van der Waals surface area (Å²) < 4.78 is 5.88. The number of aromatic nitrogens is 1. The molecule has 1 aliphatic carbocycles. The summed E-state index contributed by atoms with van der Waals surface area (Å²) in [6.07, 6.45) is 9.32. The standard InChI is InChI=1S/C13H19NO/c1-11(13-6-8-14-9-7-13)15-10-12-4-2-3-5-12/h6-9,11-12H,2-5,10H2,1H3. The molecule has 1 fully saturated rings. The van der Waals surface area contributed by atoms with Crippen LogP contribution in [-0.2, 0) is 4.74 Å². The van der Waals surface area contributed by atoms with Crippen molar-refractivity contribution in [1.82, 2.24) is 4.98 Å². The van der Waals surface area contributed by atoms with Crippen molar-refractivity contribution in [3.8, 4) is 0 Å². The van der Waals surface area contributed by atoms with Gasteiger partial charge in [0.1, 0.15) is 0 Å². The van der Waals surface area contributed by atoms with Crippen LogP contribution in [0.25, 0.3) is 0 Å². The Morgan fingerprint density at radius 1 is 1.33 bits per heavy atom. The highest BCUT2D eigenvalue weighted by Gasteiger charge is 2.16. The van der Waals surface area contributed by atoms with Gasteiger partial charge < -0.3 is 4.74 Å². The van der Waals surface area contributed by atoms with E-state index in [1.807, 2.05) is 24.5 Å². The van der Waals surface area contributed by atoms with Gasteiger partial charge in [0.2, 0.25) is 0 Å². The van der Waals surface area contributed by atoms with Crippen LogP contribution >= 0.6 is 0 Å². The normalized spacial score (nSPS) is 19.3. The number of pyridine rings is 1. The van der Waals surface area contributed by atoms with Crippen LogP contribution in [0.15, 0.2) is 24.5 Å². The van der Waals surface area contributed by atoms with E-state index in [0.29, 0.717) is 0 Å². The van der Waals surface area contributed by atoms with Crippen LogP contribution in [0.2, 0.25) is 0 Å². The van der Waals surface area contributed by atoms with Gasteiger partial charge in [0, 0.05) is 12.4 Å². The van der Waals surface area contributed by atoms with Gasteiger partial charge in [-0.25, -0.2) is 0 Å². The minimum atomic E-state index is 0.202. The summed E-state index contributed by atoms with van der Waals surface area (Å²) in [7, 11) is 0. The molecule has 15 heavy (non-hydrogen) atoms. The zero-order valence-corrected chi connectivity index (χ0v) is 9.36. The Bertz CT molecular complexity index is 280. The lowest BCUT2D eigenvalue weighted by molar-refractivity contribution is 0.0407. The minimum absolute atomic E-state index is 0.202. The molecule has 0 amide bonds. The third-order valence-corrected chi connectivity index (χ3v) is 3.23. The largest absolute Gasteiger partial charge is 0.374 e. The van der Waals surface area contributed by atoms with Crippen molar-refractivity contribution in [3.05, 3.63) is 30.1 Å². The lowest BCUT2D eigenvalue weighted by Crippen LogP contribution is -2.08. The molecule has 0 saturated heterocycles. The number of hydrogen-bond donors (Lipinski definition) is 0. The Kier molecular flexibility index (Phi) is 3.73. The fourth-order valence-electron chi connectivity index (χ4n) is 2.19. The molecule has 1 unspecified atom stereocenters. The highest BCUT2D eigenvalue weighted by molar-refractivity contribution is 5.12. The molecule has 1 atom stereocenters. The van der Waals surface area contributed by atoms with Crippen molar-refractivity contribution < 1.29 is 4.74 Å². The minimum Gasteiger partial charge on any atom is -0.374 e. The molecule has 0 aliphatic heterocycles. The van der Waals surface area contributed by atoms with E-state index in [1.165, 1.54) is 31.2 Å². The van der Waals surface area contributed by atoms with Gasteiger partial charge in [-0.3, -0.25) is 4.98 Å². The number of nitrogens with zero attached hydrogens (tertiary/aromatic N) is 1. The maximum Gasteiger partial charge on any atom is 0.0798 e. The molecule has 2 heteroatoms. The molecule has 0 spiro atoms. The SMILES string of the molecule is CC(OCC1CCCC1)c1ccncc1. The van der Waals surface area contributed by atoms with Gasteiger partial charge in [0.15, 0.2) is 0 Å². The summed E-state index contributed by atoms with van der Waals surface area (Å²) in [5.74, 6) is 0.800. The number of rotatable bonds is 4. The summed E-state index contributed by atoms with van der Waals surface area (Å²) >= 11 is 0. The summed E-state index contributed by atoms with van der Waals surface area (Å²) in [6, 6.07) is 4.05. The van der Waals surface area contributed by atoms with Crippen LogP contribution in [0.4, 0.5) is 0 Å². The molecule has 2 rings (SSSR count). The van der Waals surface area contributed by atoms with Crippen LogP contribution in [0.3, 0.4) is 0 Å². The van der Waals surface area contributed by atoms with E-state index in [1.54, 1.807) is 0 Å². The van der Waals surface area contributed by atoms with E-state index in [-0.39, 0.29) is 6.10 Å². The van der Waals surface area contributed by atoms with E-state index in [4.69, 9.17) is 4.74 Å². The average Bonchev–Trinajstić information content (AvgIpc) is 2.80. The summed E-state index contributed by atoms with van der Waals surface area (Å²) in [5.41, 5.74) is 1.22. The second-order valence-corrected chi connectivity index (χ2v) is 4.41. The van der Waals surface area contributed by atoms with Gasteiger partial charge in [-0.2, -0.15) is 0 Å². The van der Waals surface area contributed by atoms with Crippen molar-refractivity contribution >= 4 is 0 Å². The van der Waals surface area contributed by atoms with Crippen LogP contribution < -0.4 is 0 Å². The Morgan fingerprint density at radius 3 is 2.67 bits per heavy atom. The molecule has 0 N–H and O–H groups in total. The average molecular weight is 205 g/mol. The molecule has 0 radical (unpaired) electrons. The molecule has 0 bridgehead atoms. The Morgan fingerprint density at radius 2 is 2.00 bits per heavy atom. The van der Waals surface area contributed by atoms with Crippen molar-refractivity contribution in [2.24, 2.45) is 5.92 Å². The summed E-state index contributed by atoms with van der Waals surface area (Å²) in [6.45, 7) is 3.04. The lowest BCUT2D eigenvalue weighted by Gasteiger charge is -2.16. The first-order valence-corrected chi connectivity index (χ1v) is 5.88. The zero-order chi connectivity index (χ0) is 10.5. The van der Waals surface area contributed by atoms with E-state index in [9.17, 15) is 0 Å². The highest BCUT2D eigenvalue weighted by atomic mass is 16.5. The molecular formula is C13H19NO. The maximum absolute atomic E-state index is 5.88. The van der Waals surface area contributed by atoms with Crippen molar-refractivity contribution in [2.45, 2.75) is 38.7 Å². The number of hydrogen-bond acceptors (Lipinski definition) is 2. The Hall–Kier alpha value is -0.890. The summed E-state index contributed by atoms with van der Waals surface area (Å²) in [5, 5.41) is 0. The van der Waals surface area contributed by atoms with Gasteiger partial charge in [-0.1, -0.05) is 12.8 Å². The second kappa shape index (κ2) is 5.26. The first-order valence-electron chi connectivity index (χ1n) is 5.88. The monoisotopic (exact) mass is 205 g/mol. The van der Waals surface area contributed by atoms with Crippen LogP contribution in [0.1, 0.15) is 44.3 Å². The van der Waals surface area contributed by atoms with Crippen molar-refractivity contribution in [3.63, 3.8) is 0 Å². The predicted octanol–water partition coefficient (Wildman–Crippen LogP) is 3.35. The van der Waals surface area contributed by atoms with Gasteiger partial charge in [-0.05, 0) is 43.4 Å². The zero-order valence-electron chi connectivity index (χ0n) is 9.36. The first kappa shape index (κ1) is 10.6. The Labute approximate surface area is 91.7 Å². The fraction of sp³-hybridized carbons (Fsp3) is 0.615. The van der Waals surface area contributed by atoms with Crippen LogP contribution in [-0.4, -0.2) is 11.6 Å². The maximum atomic E-state index is 5.88. The van der Waals surface area contributed by atoms with Crippen LogP contribution in [0.5, 0.6) is 0 Å². The molecule has 1 heterocycles. The van der Waals surface area contributed by atoms with Gasteiger partial charge >= 0.3 is 0 Å². The van der Waals surface area contributed by atoms with Gasteiger partial charge in [-0.15, -0.1) is 0 Å². The molecule has 1 aromatic rings. The van der Waals surface area contributed by atoms with Gasteiger partial charge in [0.25, 0.3) is 0 Å². The van der Waals surface area contributed by atoms with E-state index >= 15 is 0 Å². The molecule has 82 valence electrons. The number of ether oxygens (including phenoxy) is 1. The molecule has 0 aromatic carbocycles. The topological polar surface area (TPSA) is 22.1 Å². The third-order valence-electron chi connectivity index (χ3n) is 3.23. The second-order valence-electron chi connectivity index (χ2n) is 4.41. The predicted molar refractivity (Wildman–Crippen MR) is 60.6 cm³/mol. The molecular weight excluding hydrogens is 186 g/mol. The smallest absolute Gasteiger partial charge is 0.0798 e. The fourth-order valence-corrected chi connectivity index (χ4v) is 2.19. The molecule has 1 aromatic heterocycles. The van der Waals surface area contributed by atoms with E-state index < -0.39 is 0 Å².